The first-order valence-electron chi connectivity index (χ1n) is 3.84. The largest absolute Gasteiger partial charge is 0.368 e. The molecule has 0 aliphatic rings. The normalized spacial score (nSPS) is 10.4. The Bertz CT molecular complexity index is 426. The zero-order valence-corrected chi connectivity index (χ0v) is 8.25. The molecule has 0 aliphatic heterocycles. The van der Waals surface area contributed by atoms with Crippen molar-refractivity contribution < 1.29 is 0 Å². The van der Waals surface area contributed by atoms with Crippen LogP contribution in [0, 0.1) is 0 Å². The molecule has 7 heteroatoms. The Kier molecular flexibility index (Phi) is 2.32. The zero-order valence-electron chi connectivity index (χ0n) is 7.43. The van der Waals surface area contributed by atoms with Crippen molar-refractivity contribution in [2.24, 2.45) is 0 Å². The first-order chi connectivity index (χ1) is 6.79. The van der Waals surface area contributed by atoms with Gasteiger partial charge >= 0.3 is 0 Å². The summed E-state index contributed by atoms with van der Waals surface area (Å²) in [6.45, 7) is 0. The lowest BCUT2D eigenvalue weighted by Gasteiger charge is -1.99. The first kappa shape index (κ1) is 8.95. The van der Waals surface area contributed by atoms with Gasteiger partial charge in [0.25, 0.3) is 0 Å². The highest BCUT2D eigenvalue weighted by Gasteiger charge is 2.06. The summed E-state index contributed by atoms with van der Waals surface area (Å²) in [5, 5.41) is 7.10. The second kappa shape index (κ2) is 3.62. The molecule has 2 rings (SSSR count). The minimum Gasteiger partial charge on any atom is -0.368 e. The van der Waals surface area contributed by atoms with E-state index >= 15 is 0 Å². The van der Waals surface area contributed by atoms with Crippen molar-refractivity contribution in [3.8, 4) is 11.4 Å². The maximum atomic E-state index is 5.53. The van der Waals surface area contributed by atoms with Gasteiger partial charge in [0, 0.05) is 6.20 Å². The van der Waals surface area contributed by atoms with Gasteiger partial charge in [-0.1, -0.05) is 11.8 Å². The number of nitrogens with one attached hydrogen (secondary N) is 1. The number of aromatic amines is 1. The van der Waals surface area contributed by atoms with Gasteiger partial charge < -0.3 is 5.73 Å². The molecular weight excluding hydrogens is 200 g/mol. The highest BCUT2D eigenvalue weighted by Crippen LogP contribution is 2.16. The molecule has 0 radical (unpaired) electrons. The summed E-state index contributed by atoms with van der Waals surface area (Å²) in [6, 6.07) is 0. The van der Waals surface area contributed by atoms with Crippen LogP contribution in [0.25, 0.3) is 11.4 Å². The van der Waals surface area contributed by atoms with Crippen LogP contribution in [0.15, 0.2) is 17.6 Å². The van der Waals surface area contributed by atoms with E-state index in [1.165, 1.54) is 11.8 Å². The summed E-state index contributed by atoms with van der Waals surface area (Å²) in [5.41, 5.74) is 6.34. The first-order valence-corrected chi connectivity index (χ1v) is 5.07. The average Bonchev–Trinajstić information content (AvgIpc) is 2.69. The Morgan fingerprint density at radius 1 is 1.36 bits per heavy atom. The zero-order chi connectivity index (χ0) is 9.97. The van der Waals surface area contributed by atoms with Crippen LogP contribution in [0.2, 0.25) is 0 Å². The Balaban J connectivity index is 2.48. The molecule has 2 aromatic rings. The Hall–Kier alpha value is -1.63. The Labute approximate surface area is 84.4 Å². The molecule has 0 saturated carbocycles. The molecule has 0 atom stereocenters. The molecule has 3 N–H and O–H groups in total. The molecule has 72 valence electrons. The van der Waals surface area contributed by atoms with Crippen molar-refractivity contribution in [2.45, 2.75) is 5.16 Å². The summed E-state index contributed by atoms with van der Waals surface area (Å²) in [4.78, 5) is 12.2. The van der Waals surface area contributed by atoms with Crippen molar-refractivity contribution in [1.29, 1.82) is 0 Å². The predicted molar refractivity (Wildman–Crippen MR) is 53.6 cm³/mol. The lowest BCUT2D eigenvalue weighted by molar-refractivity contribution is 0.928. The summed E-state index contributed by atoms with van der Waals surface area (Å²) >= 11 is 1.42. The number of nitrogen functional groups attached to an aromatic ring is 1. The van der Waals surface area contributed by atoms with E-state index in [9.17, 15) is 0 Å². The van der Waals surface area contributed by atoms with Crippen molar-refractivity contribution in [2.75, 3.05) is 12.0 Å². The molecule has 0 aromatic carbocycles. The van der Waals surface area contributed by atoms with E-state index in [2.05, 4.69) is 25.1 Å². The van der Waals surface area contributed by atoms with Crippen molar-refractivity contribution in [3.05, 3.63) is 12.4 Å². The quantitative estimate of drug-likeness (QED) is 0.700. The van der Waals surface area contributed by atoms with Gasteiger partial charge in [-0.25, -0.2) is 4.98 Å². The number of nitrogens with two attached hydrogens (primary N) is 1. The minimum absolute atomic E-state index is 0.223. The van der Waals surface area contributed by atoms with Crippen LogP contribution in [-0.2, 0) is 0 Å². The van der Waals surface area contributed by atoms with Crippen LogP contribution in [0.4, 0.5) is 5.95 Å². The number of thioether (sulfide) groups is 1. The fraction of sp³-hybridized carbons (Fsp3) is 0.143. The van der Waals surface area contributed by atoms with Crippen molar-refractivity contribution >= 4 is 17.7 Å². The van der Waals surface area contributed by atoms with Gasteiger partial charge in [-0.2, -0.15) is 15.1 Å². The number of hydrogen-bond donors (Lipinski definition) is 2. The number of hydrogen-bond acceptors (Lipinski definition) is 6. The lowest BCUT2D eigenvalue weighted by atomic mass is 10.3. The number of nitrogens with zero attached hydrogens (tertiary/aromatic N) is 4. The van der Waals surface area contributed by atoms with Gasteiger partial charge in [0.05, 0.1) is 11.8 Å². The molecule has 2 aromatic heterocycles. The van der Waals surface area contributed by atoms with E-state index in [1.807, 2.05) is 6.26 Å². The van der Waals surface area contributed by atoms with Gasteiger partial charge in [0.2, 0.25) is 5.95 Å². The Morgan fingerprint density at radius 2 is 2.21 bits per heavy atom. The van der Waals surface area contributed by atoms with Gasteiger partial charge in [-0.05, 0) is 6.26 Å². The second-order valence-corrected chi connectivity index (χ2v) is 3.26. The molecule has 0 spiro atoms. The molecule has 0 amide bonds. The standard InChI is InChI=1S/C7H8N6S/c1-14-7-12-5(11-6(8)13-7)4-2-9-10-3-4/h2-3H,1H3,(H,9,10)(H2,8,11,12,13). The fourth-order valence-corrected chi connectivity index (χ4v) is 1.33. The molecule has 0 unspecified atom stereocenters. The molecule has 6 nitrogen and oxygen atoms in total. The smallest absolute Gasteiger partial charge is 0.224 e. The molecular formula is C7H8N6S. The van der Waals surface area contributed by atoms with Crippen molar-refractivity contribution in [1.82, 2.24) is 25.1 Å². The van der Waals surface area contributed by atoms with Crippen LogP contribution >= 0.6 is 11.8 Å². The van der Waals surface area contributed by atoms with Crippen LogP contribution in [0.1, 0.15) is 0 Å². The SMILES string of the molecule is CSc1nc(N)nc(-c2cn[nH]c2)n1. The van der Waals surface area contributed by atoms with Gasteiger partial charge in [0.15, 0.2) is 11.0 Å². The minimum atomic E-state index is 0.223. The summed E-state index contributed by atoms with van der Waals surface area (Å²) in [5.74, 6) is 0.760. The average molecular weight is 208 g/mol. The van der Waals surface area contributed by atoms with Gasteiger partial charge in [-0.15, -0.1) is 0 Å². The van der Waals surface area contributed by atoms with E-state index in [4.69, 9.17) is 5.73 Å². The molecule has 14 heavy (non-hydrogen) atoms. The van der Waals surface area contributed by atoms with E-state index in [-0.39, 0.29) is 5.95 Å². The van der Waals surface area contributed by atoms with E-state index in [0.29, 0.717) is 11.0 Å². The maximum absolute atomic E-state index is 5.53. The molecule has 0 bridgehead atoms. The van der Waals surface area contributed by atoms with E-state index in [0.717, 1.165) is 5.56 Å². The predicted octanol–water partition coefficient (Wildman–Crippen LogP) is 0.566. The molecule has 0 saturated heterocycles. The topological polar surface area (TPSA) is 93.4 Å². The van der Waals surface area contributed by atoms with Crippen molar-refractivity contribution in [3.63, 3.8) is 0 Å². The third-order valence-corrected chi connectivity index (χ3v) is 2.12. The Morgan fingerprint density at radius 3 is 2.86 bits per heavy atom. The maximum Gasteiger partial charge on any atom is 0.224 e. The summed E-state index contributed by atoms with van der Waals surface area (Å²) in [7, 11) is 0. The number of aromatic nitrogens is 5. The van der Waals surface area contributed by atoms with Crippen LogP contribution in [0.5, 0.6) is 0 Å². The number of H-pyrrole nitrogens is 1. The molecule has 0 aliphatic carbocycles. The fourth-order valence-electron chi connectivity index (χ4n) is 0.966. The lowest BCUT2D eigenvalue weighted by Crippen LogP contribution is -2.00. The highest BCUT2D eigenvalue weighted by atomic mass is 32.2. The monoisotopic (exact) mass is 208 g/mol. The van der Waals surface area contributed by atoms with E-state index < -0.39 is 0 Å². The van der Waals surface area contributed by atoms with Crippen LogP contribution in [-0.4, -0.2) is 31.4 Å². The summed E-state index contributed by atoms with van der Waals surface area (Å²) in [6.07, 6.45) is 5.23. The molecule has 0 fully saturated rings. The number of anilines is 1. The van der Waals surface area contributed by atoms with E-state index in [1.54, 1.807) is 12.4 Å². The van der Waals surface area contributed by atoms with Gasteiger partial charge in [-0.3, -0.25) is 5.10 Å². The molecule has 2 heterocycles. The van der Waals surface area contributed by atoms with Gasteiger partial charge in [0.1, 0.15) is 0 Å². The van der Waals surface area contributed by atoms with Crippen LogP contribution in [0.3, 0.4) is 0 Å². The third-order valence-electron chi connectivity index (χ3n) is 1.57. The summed E-state index contributed by atoms with van der Waals surface area (Å²) < 4.78 is 0. The number of rotatable bonds is 2. The highest BCUT2D eigenvalue weighted by molar-refractivity contribution is 7.98. The second-order valence-electron chi connectivity index (χ2n) is 2.49. The van der Waals surface area contributed by atoms with Crippen LogP contribution < -0.4 is 5.73 Å². The third kappa shape index (κ3) is 1.67.